The van der Waals surface area contributed by atoms with Crippen LogP contribution in [0.3, 0.4) is 0 Å². The van der Waals surface area contributed by atoms with Crippen molar-refractivity contribution in [1.29, 1.82) is 0 Å². The molecule has 0 aromatic carbocycles. The summed E-state index contributed by atoms with van der Waals surface area (Å²) in [6, 6.07) is 1.11. The zero-order valence-corrected chi connectivity index (χ0v) is 24.5. The van der Waals surface area contributed by atoms with E-state index in [1.54, 1.807) is 7.11 Å². The number of thiophene rings is 1. The molecule has 0 aliphatic carbocycles. The highest BCUT2D eigenvalue weighted by Crippen LogP contribution is 2.39. The molecule has 210 valence electrons. The van der Waals surface area contributed by atoms with Gasteiger partial charge in [-0.25, -0.2) is 40.2 Å². The molecule has 1 aliphatic rings. The lowest BCUT2D eigenvalue weighted by Gasteiger charge is -2.32. The first-order chi connectivity index (χ1) is 17.0. The van der Waals surface area contributed by atoms with Crippen LogP contribution >= 0.6 is 22.7 Å². The Morgan fingerprint density at radius 3 is 2.41 bits per heavy atom. The number of fused-ring (bicyclic) bond motifs is 1. The van der Waals surface area contributed by atoms with Crippen molar-refractivity contribution in [3.63, 3.8) is 0 Å². The van der Waals surface area contributed by atoms with Gasteiger partial charge in [-0.15, -0.1) is 16.4 Å². The number of ether oxygens (including phenoxy) is 1. The summed E-state index contributed by atoms with van der Waals surface area (Å²) in [5.41, 5.74) is 0.476. The Kier molecular flexibility index (Phi) is 10.7. The van der Waals surface area contributed by atoms with Crippen LogP contribution in [-0.4, -0.2) is 78.6 Å². The van der Waals surface area contributed by atoms with E-state index in [1.165, 1.54) is 29.0 Å². The molecular formula is C17H29N7O8S5. The second-order valence-corrected chi connectivity index (χ2v) is 15.3. The van der Waals surface area contributed by atoms with Crippen LogP contribution in [0.15, 0.2) is 23.8 Å². The lowest BCUT2D eigenvalue weighted by molar-refractivity contribution is -0.116. The molecule has 1 atom stereocenters. The number of nitrogens with zero attached hydrogens (tertiary/aromatic N) is 4. The summed E-state index contributed by atoms with van der Waals surface area (Å²) in [7, 11) is -8.44. The molecule has 0 spiro atoms. The van der Waals surface area contributed by atoms with Crippen molar-refractivity contribution in [3.8, 4) is 0 Å². The average Bonchev–Trinajstić information content (AvgIpc) is 3.37. The molecule has 0 saturated heterocycles. The number of primary sulfonamides is 2. The number of nitrogens with two attached hydrogens (primary N) is 2. The Balaban J connectivity index is 0.000000294. The maximum atomic E-state index is 12.7. The number of carbonyl (C=O) groups is 1. The number of hydrogen-bond acceptors (Lipinski definition) is 12. The van der Waals surface area contributed by atoms with Crippen LogP contribution in [0.4, 0.5) is 0 Å². The molecule has 0 unspecified atom stereocenters. The molecule has 37 heavy (non-hydrogen) atoms. The lowest BCUT2D eigenvalue weighted by atomic mass is 10.1. The van der Waals surface area contributed by atoms with Gasteiger partial charge in [-0.05, 0) is 19.0 Å². The second kappa shape index (κ2) is 12.5. The fraction of sp³-hybridized carbons (Fsp3) is 0.588. The van der Waals surface area contributed by atoms with Gasteiger partial charge in [-0.2, -0.15) is 9.30 Å². The van der Waals surface area contributed by atoms with E-state index in [0.717, 1.165) is 11.3 Å². The van der Waals surface area contributed by atoms with Crippen LogP contribution in [0.1, 0.15) is 31.9 Å². The molecule has 0 saturated carbocycles. The molecule has 3 rings (SSSR count). The van der Waals surface area contributed by atoms with Crippen molar-refractivity contribution in [1.82, 2.24) is 19.4 Å². The smallest absolute Gasteiger partial charge is 0.267 e. The summed E-state index contributed by atoms with van der Waals surface area (Å²) in [5, 5.41) is 16.8. The van der Waals surface area contributed by atoms with E-state index in [0.29, 0.717) is 43.0 Å². The van der Waals surface area contributed by atoms with Crippen LogP contribution < -0.4 is 20.4 Å². The fourth-order valence-electron chi connectivity index (χ4n) is 3.16. The topological polar surface area (TPSA) is 226 Å². The van der Waals surface area contributed by atoms with E-state index in [1.807, 2.05) is 6.92 Å². The van der Waals surface area contributed by atoms with E-state index < -0.39 is 36.0 Å². The molecule has 15 nitrogen and oxygen atoms in total. The van der Waals surface area contributed by atoms with E-state index in [4.69, 9.17) is 15.0 Å². The van der Waals surface area contributed by atoms with E-state index >= 15 is 0 Å². The summed E-state index contributed by atoms with van der Waals surface area (Å²) >= 11 is 1.45. The normalized spacial score (nSPS) is 18.2. The number of nitrogens with one attached hydrogen (secondary N) is 1. The monoisotopic (exact) mass is 619 g/mol. The number of likely N-dealkylation sites (N-methyl/N-ethyl adjacent to an activating group) is 1. The van der Waals surface area contributed by atoms with E-state index in [9.17, 15) is 30.0 Å². The fourth-order valence-corrected chi connectivity index (χ4v) is 9.06. The third kappa shape index (κ3) is 8.18. The summed E-state index contributed by atoms with van der Waals surface area (Å²) in [4.78, 5) is 14.4. The molecule has 2 aromatic heterocycles. The molecule has 5 N–H and O–H groups in total. The Morgan fingerprint density at radius 1 is 1.27 bits per heavy atom. The maximum Gasteiger partial charge on any atom is 0.267 e. The zero-order chi connectivity index (χ0) is 28.2. The number of amides is 1. The van der Waals surface area contributed by atoms with Gasteiger partial charge in [0.2, 0.25) is 25.1 Å². The predicted molar refractivity (Wildman–Crippen MR) is 136 cm³/mol. The summed E-state index contributed by atoms with van der Waals surface area (Å²) in [5.74, 6) is -0.426. The van der Waals surface area contributed by atoms with Gasteiger partial charge in [0.1, 0.15) is 8.42 Å². The van der Waals surface area contributed by atoms with Crippen LogP contribution in [0, 0.1) is 0 Å². The highest BCUT2D eigenvalue weighted by molar-refractivity contribution is 7.94. The van der Waals surface area contributed by atoms with Crippen molar-refractivity contribution in [2.24, 2.45) is 22.3 Å². The zero-order valence-electron chi connectivity index (χ0n) is 20.4. The maximum absolute atomic E-state index is 12.7. The number of hydrogen-bond donors (Lipinski definition) is 3. The van der Waals surface area contributed by atoms with Gasteiger partial charge >= 0.3 is 0 Å². The predicted octanol–water partition coefficient (Wildman–Crippen LogP) is -1.34. The minimum atomic E-state index is -3.94. The summed E-state index contributed by atoms with van der Waals surface area (Å²) in [6.07, 6.45) is 0.567. The molecule has 1 amide bonds. The first kappa shape index (κ1) is 31.6. The van der Waals surface area contributed by atoms with Gasteiger partial charge in [0, 0.05) is 52.4 Å². The highest BCUT2D eigenvalue weighted by atomic mass is 32.3. The lowest BCUT2D eigenvalue weighted by Crippen LogP contribution is -2.43. The van der Waals surface area contributed by atoms with Crippen molar-refractivity contribution in [3.05, 3.63) is 16.4 Å². The number of rotatable bonds is 8. The summed E-state index contributed by atoms with van der Waals surface area (Å²) in [6.45, 7) is 4.84. The Morgan fingerprint density at radius 2 is 1.92 bits per heavy atom. The number of aryl methyl sites for hydroxylation is 1. The minimum Gasteiger partial charge on any atom is -0.385 e. The van der Waals surface area contributed by atoms with Gasteiger partial charge in [0.25, 0.3) is 20.0 Å². The first-order valence-electron chi connectivity index (χ1n) is 10.5. The number of aromatic nitrogens is 2. The minimum absolute atomic E-state index is 0.0520. The van der Waals surface area contributed by atoms with Gasteiger partial charge in [0.05, 0.1) is 0 Å². The Bertz CT molecular complexity index is 1510. The number of sulfonamides is 3. The third-order valence-corrected chi connectivity index (χ3v) is 12.0. The largest absolute Gasteiger partial charge is 0.385 e. The molecule has 0 fully saturated rings. The van der Waals surface area contributed by atoms with Gasteiger partial charge in [0.15, 0.2) is 0 Å². The van der Waals surface area contributed by atoms with Crippen LogP contribution in [-0.2, 0) is 46.6 Å². The van der Waals surface area contributed by atoms with E-state index in [-0.39, 0.29) is 30.1 Å². The van der Waals surface area contributed by atoms with Crippen molar-refractivity contribution in [2.75, 3.05) is 33.4 Å². The molecular weight excluding hydrogens is 591 g/mol. The van der Waals surface area contributed by atoms with Gasteiger partial charge in [-0.3, -0.25) is 4.79 Å². The summed E-state index contributed by atoms with van der Waals surface area (Å²) < 4.78 is 77.5. The van der Waals surface area contributed by atoms with Gasteiger partial charge in [-0.1, -0.05) is 18.3 Å². The van der Waals surface area contributed by atoms with Crippen LogP contribution in [0.25, 0.3) is 0 Å². The number of carbonyl (C=O) groups excluding carboxylic acids is 1. The quantitative estimate of drug-likeness (QED) is 0.295. The number of methoxy groups -OCH3 is 1. The molecule has 1 aliphatic heterocycles. The van der Waals surface area contributed by atoms with Gasteiger partial charge < -0.3 is 10.1 Å². The van der Waals surface area contributed by atoms with Crippen molar-refractivity contribution < 1.29 is 34.8 Å². The highest BCUT2D eigenvalue weighted by Gasteiger charge is 2.39. The van der Waals surface area contributed by atoms with Crippen LogP contribution in [0.5, 0.6) is 0 Å². The Labute approximate surface area is 223 Å². The van der Waals surface area contributed by atoms with Crippen molar-refractivity contribution in [2.45, 2.75) is 39.1 Å². The standard InChI is InChI=1S/C12H21N3O5S3.C5H8N4O3S2/c1-3-14-10-8-15(5-4-6-20-2)23(18,19)12-9(10)7-11(21-12)22(13,16)17;1-3(10)7-4-9(2)8-5(13-4)14(6,11)12/h7,10,14H,3-6,8H2,1-2H3,(H2,13,16,17);1-2H3,(H2,6,11,12)/t10-;/m0./s1. The SMILES string of the molecule is CC(=O)N=c1sc(S(N)(=O)=O)nn1C.CCN[C@H]1CN(CCCOC)S(=O)(=O)c2sc(S(N)(=O)=O)cc21. The molecule has 3 heterocycles. The molecule has 0 bridgehead atoms. The third-order valence-electron chi connectivity index (χ3n) is 4.71. The van der Waals surface area contributed by atoms with E-state index in [2.05, 4.69) is 15.4 Å². The molecule has 2 aromatic rings. The second-order valence-electron chi connectivity index (χ2n) is 7.62. The average molecular weight is 620 g/mol. The molecule has 20 heteroatoms. The molecule has 0 radical (unpaired) electrons. The first-order valence-corrected chi connectivity index (χ1v) is 16.7. The Hall–Kier alpha value is -1.62. The van der Waals surface area contributed by atoms with Crippen LogP contribution in [0.2, 0.25) is 0 Å². The van der Waals surface area contributed by atoms with Crippen molar-refractivity contribution >= 4 is 58.7 Å².